The minimum absolute atomic E-state index is 0.109. The number of benzene rings is 2. The zero-order chi connectivity index (χ0) is 21.1. The van der Waals surface area contributed by atoms with E-state index in [1.165, 1.54) is 10.2 Å². The van der Waals surface area contributed by atoms with E-state index in [0.717, 1.165) is 18.8 Å². The number of hydrogen-bond donors (Lipinski definition) is 0. The van der Waals surface area contributed by atoms with Gasteiger partial charge in [-0.05, 0) is 36.8 Å². The number of methoxy groups -OCH3 is 1. The van der Waals surface area contributed by atoms with Gasteiger partial charge in [0, 0.05) is 32.2 Å². The normalized spacial score (nSPS) is 15.8. The van der Waals surface area contributed by atoms with Gasteiger partial charge in [0.25, 0.3) is 5.91 Å². The molecule has 1 atom stereocenters. The number of amides is 1. The number of aromatic nitrogens is 3. The quantitative estimate of drug-likeness (QED) is 0.626. The maximum absolute atomic E-state index is 12.9. The van der Waals surface area contributed by atoms with E-state index in [2.05, 4.69) is 34.3 Å². The monoisotopic (exact) mass is 425 g/mol. The number of ether oxygens (including phenoxy) is 1. The lowest BCUT2D eigenvalue weighted by Gasteiger charge is -2.38. The molecule has 1 saturated heterocycles. The molecule has 4 rings (SSSR count). The van der Waals surface area contributed by atoms with Crippen molar-refractivity contribution in [3.63, 3.8) is 0 Å². The van der Waals surface area contributed by atoms with Crippen LogP contribution < -0.4 is 4.74 Å². The Labute approximate surface area is 180 Å². The number of halogens is 1. The van der Waals surface area contributed by atoms with Crippen LogP contribution in [0, 0.1) is 0 Å². The van der Waals surface area contributed by atoms with E-state index in [1.807, 2.05) is 35.2 Å². The average molecular weight is 426 g/mol. The molecule has 1 aliphatic rings. The molecule has 0 saturated carbocycles. The van der Waals surface area contributed by atoms with E-state index < -0.39 is 0 Å². The molecule has 0 aliphatic carbocycles. The van der Waals surface area contributed by atoms with E-state index in [1.54, 1.807) is 19.4 Å². The second-order valence-corrected chi connectivity index (χ2v) is 7.69. The van der Waals surface area contributed by atoms with Gasteiger partial charge in [-0.25, -0.2) is 4.68 Å². The standard InChI is InChI=1S/C22H24ClN5O2/c1-16(17-6-5-7-18(14-17)30-2)26-10-12-27(13-11-26)22(29)20-15-28(25-24-20)21-9-4-3-8-19(21)23/h3-9,14-16H,10-13H2,1-2H3. The van der Waals surface area contributed by atoms with Crippen molar-refractivity contribution < 1.29 is 9.53 Å². The zero-order valence-corrected chi connectivity index (χ0v) is 17.8. The lowest BCUT2D eigenvalue weighted by Crippen LogP contribution is -2.49. The highest BCUT2D eigenvalue weighted by atomic mass is 35.5. The van der Waals surface area contributed by atoms with Crippen molar-refractivity contribution in [1.29, 1.82) is 0 Å². The molecule has 0 radical (unpaired) electrons. The zero-order valence-electron chi connectivity index (χ0n) is 17.0. The second kappa shape index (κ2) is 8.85. The Balaban J connectivity index is 1.39. The molecule has 1 aliphatic heterocycles. The van der Waals surface area contributed by atoms with E-state index in [4.69, 9.17) is 16.3 Å². The highest BCUT2D eigenvalue weighted by molar-refractivity contribution is 6.32. The molecule has 1 aromatic heterocycles. The molecule has 0 bridgehead atoms. The number of nitrogens with zero attached hydrogens (tertiary/aromatic N) is 5. The van der Waals surface area contributed by atoms with Crippen LogP contribution in [0.1, 0.15) is 29.0 Å². The van der Waals surface area contributed by atoms with E-state index in [0.29, 0.717) is 29.5 Å². The number of hydrogen-bond acceptors (Lipinski definition) is 5. The largest absolute Gasteiger partial charge is 0.497 e. The third-order valence-electron chi connectivity index (χ3n) is 5.54. The molecule has 1 fully saturated rings. The first-order valence-electron chi connectivity index (χ1n) is 9.91. The van der Waals surface area contributed by atoms with Crippen LogP contribution in [0.4, 0.5) is 0 Å². The van der Waals surface area contributed by atoms with Gasteiger partial charge < -0.3 is 9.64 Å². The summed E-state index contributed by atoms with van der Waals surface area (Å²) in [6, 6.07) is 15.7. The van der Waals surface area contributed by atoms with Gasteiger partial charge in [-0.3, -0.25) is 9.69 Å². The van der Waals surface area contributed by atoms with Crippen LogP contribution in [0.2, 0.25) is 5.02 Å². The van der Waals surface area contributed by atoms with Gasteiger partial charge >= 0.3 is 0 Å². The molecule has 0 spiro atoms. The molecule has 1 unspecified atom stereocenters. The molecule has 2 heterocycles. The Hall–Kier alpha value is -2.90. The van der Waals surface area contributed by atoms with Crippen molar-refractivity contribution in [3.05, 3.63) is 71.0 Å². The highest BCUT2D eigenvalue weighted by Gasteiger charge is 2.27. The van der Waals surface area contributed by atoms with Gasteiger partial charge in [0.15, 0.2) is 5.69 Å². The van der Waals surface area contributed by atoms with E-state index in [9.17, 15) is 4.79 Å². The topological polar surface area (TPSA) is 63.5 Å². The maximum atomic E-state index is 12.9. The molecule has 2 aromatic carbocycles. The average Bonchev–Trinajstić information content (AvgIpc) is 3.28. The maximum Gasteiger partial charge on any atom is 0.276 e. The number of rotatable bonds is 5. The summed E-state index contributed by atoms with van der Waals surface area (Å²) in [6.45, 7) is 5.06. The van der Waals surface area contributed by atoms with Crippen LogP contribution in [0.15, 0.2) is 54.7 Å². The van der Waals surface area contributed by atoms with Crippen molar-refractivity contribution >= 4 is 17.5 Å². The SMILES string of the molecule is COc1cccc(C(C)N2CCN(C(=O)c3cn(-c4ccccc4Cl)nn3)CC2)c1. The minimum atomic E-state index is -0.109. The third kappa shape index (κ3) is 4.17. The van der Waals surface area contributed by atoms with Gasteiger partial charge in [-0.2, -0.15) is 0 Å². The summed E-state index contributed by atoms with van der Waals surface area (Å²) in [5.41, 5.74) is 2.23. The summed E-state index contributed by atoms with van der Waals surface area (Å²) in [6.07, 6.45) is 1.63. The first kappa shape index (κ1) is 20.4. The molecule has 8 heteroatoms. The first-order valence-corrected chi connectivity index (χ1v) is 10.3. The molecule has 0 N–H and O–H groups in total. The van der Waals surface area contributed by atoms with Crippen LogP contribution in [-0.2, 0) is 0 Å². The molecule has 1 amide bonds. The molecule has 7 nitrogen and oxygen atoms in total. The predicted octanol–water partition coefficient (Wildman–Crippen LogP) is 3.45. The van der Waals surface area contributed by atoms with Crippen molar-refractivity contribution in [2.24, 2.45) is 0 Å². The molecule has 3 aromatic rings. The predicted molar refractivity (Wildman–Crippen MR) is 115 cm³/mol. The number of carbonyl (C=O) groups is 1. The Morgan fingerprint density at radius 3 is 2.60 bits per heavy atom. The van der Waals surface area contributed by atoms with Crippen molar-refractivity contribution in [1.82, 2.24) is 24.8 Å². The van der Waals surface area contributed by atoms with Crippen LogP contribution in [0.5, 0.6) is 5.75 Å². The lowest BCUT2D eigenvalue weighted by atomic mass is 10.1. The van der Waals surface area contributed by atoms with Crippen molar-refractivity contribution in [3.8, 4) is 11.4 Å². The summed E-state index contributed by atoms with van der Waals surface area (Å²) >= 11 is 6.21. The van der Waals surface area contributed by atoms with E-state index >= 15 is 0 Å². The Morgan fingerprint density at radius 1 is 1.10 bits per heavy atom. The fraction of sp³-hybridized carbons (Fsp3) is 0.318. The Kier molecular flexibility index (Phi) is 6.01. The summed E-state index contributed by atoms with van der Waals surface area (Å²) in [5, 5.41) is 8.70. The highest BCUT2D eigenvalue weighted by Crippen LogP contribution is 2.25. The summed E-state index contributed by atoms with van der Waals surface area (Å²) in [5.74, 6) is 0.747. The molecule has 156 valence electrons. The fourth-order valence-corrected chi connectivity index (χ4v) is 3.93. The third-order valence-corrected chi connectivity index (χ3v) is 5.86. The van der Waals surface area contributed by atoms with Crippen LogP contribution >= 0.6 is 11.6 Å². The Morgan fingerprint density at radius 2 is 1.87 bits per heavy atom. The number of para-hydroxylation sites is 1. The van der Waals surface area contributed by atoms with Crippen LogP contribution in [0.3, 0.4) is 0 Å². The van der Waals surface area contributed by atoms with Crippen molar-refractivity contribution in [2.45, 2.75) is 13.0 Å². The summed E-state index contributed by atoms with van der Waals surface area (Å²) in [7, 11) is 1.68. The summed E-state index contributed by atoms with van der Waals surface area (Å²) < 4.78 is 6.87. The van der Waals surface area contributed by atoms with Gasteiger partial charge in [0.2, 0.25) is 0 Å². The van der Waals surface area contributed by atoms with Gasteiger partial charge in [0.05, 0.1) is 24.0 Å². The van der Waals surface area contributed by atoms with Crippen LogP contribution in [0.25, 0.3) is 5.69 Å². The molecular formula is C22H24ClN5O2. The van der Waals surface area contributed by atoms with Crippen molar-refractivity contribution in [2.75, 3.05) is 33.3 Å². The first-order chi connectivity index (χ1) is 14.6. The van der Waals surface area contributed by atoms with Gasteiger partial charge in [-0.15, -0.1) is 5.10 Å². The van der Waals surface area contributed by atoms with Crippen LogP contribution in [-0.4, -0.2) is 64.0 Å². The lowest BCUT2D eigenvalue weighted by molar-refractivity contribution is 0.0576. The second-order valence-electron chi connectivity index (χ2n) is 7.28. The minimum Gasteiger partial charge on any atom is -0.497 e. The number of piperazine rings is 1. The molecular weight excluding hydrogens is 402 g/mol. The van der Waals surface area contributed by atoms with E-state index in [-0.39, 0.29) is 11.9 Å². The Bertz CT molecular complexity index is 1030. The smallest absolute Gasteiger partial charge is 0.276 e. The molecule has 30 heavy (non-hydrogen) atoms. The van der Waals surface area contributed by atoms with Gasteiger partial charge in [-0.1, -0.05) is 41.1 Å². The fourth-order valence-electron chi connectivity index (χ4n) is 3.70. The van der Waals surface area contributed by atoms with Gasteiger partial charge in [0.1, 0.15) is 5.75 Å². The summed E-state index contributed by atoms with van der Waals surface area (Å²) in [4.78, 5) is 17.1. The number of carbonyl (C=O) groups excluding carboxylic acids is 1.